The normalized spacial score (nSPS) is 24.0. The molecule has 1 heterocycles. The van der Waals surface area contributed by atoms with Crippen LogP contribution in [0.2, 0.25) is 0 Å². The minimum Gasteiger partial charge on any atom is -0.368 e. The summed E-state index contributed by atoms with van der Waals surface area (Å²) in [5, 5.41) is 9.16. The molecule has 0 N–H and O–H groups in total. The lowest BCUT2D eigenvalue weighted by Gasteiger charge is -2.39. The number of allylic oxidation sites excluding steroid dienone is 1. The molecule has 1 aliphatic carbocycles. The van der Waals surface area contributed by atoms with Crippen molar-refractivity contribution in [2.75, 3.05) is 7.11 Å². The monoisotopic (exact) mass is 324 g/mol. The van der Waals surface area contributed by atoms with Gasteiger partial charge in [0.1, 0.15) is 11.7 Å². The van der Waals surface area contributed by atoms with Gasteiger partial charge in [-0.15, -0.1) is 0 Å². The fourth-order valence-electron chi connectivity index (χ4n) is 2.77. The summed E-state index contributed by atoms with van der Waals surface area (Å²) in [6, 6.07) is 3.55. The maximum Gasteiger partial charge on any atom is 0.416 e. The van der Waals surface area contributed by atoms with Crippen LogP contribution in [0.1, 0.15) is 31.5 Å². The number of methoxy groups -OCH3 is 1. The SMILES string of the molecule is COC1(c2cc(C(F)(F)F)ccn2)C=C(C#N)C(=O)C(C)(C)C1. The van der Waals surface area contributed by atoms with Crippen molar-refractivity contribution in [3.05, 3.63) is 41.2 Å². The highest BCUT2D eigenvalue weighted by Gasteiger charge is 2.47. The van der Waals surface area contributed by atoms with Crippen molar-refractivity contribution in [2.45, 2.75) is 32.0 Å². The number of alkyl halides is 3. The number of Topliss-reactive ketones (excluding diaryl/α,β-unsaturated/α-hetero) is 1. The largest absolute Gasteiger partial charge is 0.416 e. The zero-order valence-corrected chi connectivity index (χ0v) is 12.9. The summed E-state index contributed by atoms with van der Waals surface area (Å²) in [6.45, 7) is 3.25. The highest BCUT2D eigenvalue weighted by Crippen LogP contribution is 2.45. The number of ether oxygens (including phenoxy) is 1. The van der Waals surface area contributed by atoms with Crippen LogP contribution in [0.3, 0.4) is 0 Å². The first-order chi connectivity index (χ1) is 10.6. The van der Waals surface area contributed by atoms with Crippen molar-refractivity contribution in [3.8, 4) is 6.07 Å². The van der Waals surface area contributed by atoms with E-state index in [2.05, 4.69) is 4.98 Å². The molecule has 0 saturated heterocycles. The van der Waals surface area contributed by atoms with Crippen molar-refractivity contribution in [2.24, 2.45) is 5.41 Å². The highest BCUT2D eigenvalue weighted by atomic mass is 19.4. The topological polar surface area (TPSA) is 63.0 Å². The molecule has 1 aromatic heterocycles. The number of ketones is 1. The molecule has 122 valence electrons. The minimum atomic E-state index is -4.52. The van der Waals surface area contributed by atoms with Gasteiger partial charge in [-0.05, 0) is 24.6 Å². The zero-order valence-electron chi connectivity index (χ0n) is 12.9. The van der Waals surface area contributed by atoms with E-state index in [4.69, 9.17) is 10.00 Å². The summed E-state index contributed by atoms with van der Waals surface area (Å²) >= 11 is 0. The van der Waals surface area contributed by atoms with Crippen molar-refractivity contribution >= 4 is 5.78 Å². The molecule has 4 nitrogen and oxygen atoms in total. The smallest absolute Gasteiger partial charge is 0.368 e. The molecule has 1 aliphatic rings. The number of hydrogen-bond donors (Lipinski definition) is 0. The number of rotatable bonds is 2. The maximum absolute atomic E-state index is 12.9. The fraction of sp³-hybridized carbons (Fsp3) is 0.438. The average Bonchev–Trinajstić information content (AvgIpc) is 2.49. The number of carbonyl (C=O) groups is 1. The lowest BCUT2D eigenvalue weighted by Crippen LogP contribution is -2.42. The summed E-state index contributed by atoms with van der Waals surface area (Å²) < 4.78 is 44.2. The zero-order chi connectivity index (χ0) is 17.5. The van der Waals surface area contributed by atoms with Crippen LogP contribution in [0.5, 0.6) is 0 Å². The molecule has 0 bridgehead atoms. The molecule has 0 amide bonds. The van der Waals surface area contributed by atoms with E-state index < -0.39 is 22.8 Å². The molecule has 0 aliphatic heterocycles. The third-order valence-corrected chi connectivity index (χ3v) is 3.95. The van der Waals surface area contributed by atoms with Crippen molar-refractivity contribution in [3.63, 3.8) is 0 Å². The molecule has 0 aromatic carbocycles. The number of nitrogens with zero attached hydrogens (tertiary/aromatic N) is 2. The molecule has 0 saturated carbocycles. The van der Waals surface area contributed by atoms with E-state index in [1.807, 2.05) is 0 Å². The van der Waals surface area contributed by atoms with Crippen LogP contribution in [0.4, 0.5) is 13.2 Å². The third-order valence-electron chi connectivity index (χ3n) is 3.95. The summed E-state index contributed by atoms with van der Waals surface area (Å²) in [5.74, 6) is -0.361. The molecular weight excluding hydrogens is 309 g/mol. The summed E-state index contributed by atoms with van der Waals surface area (Å²) in [6.07, 6.45) is -2.12. The summed E-state index contributed by atoms with van der Waals surface area (Å²) in [5.41, 5.74) is -3.29. The molecular formula is C16H15F3N2O2. The maximum atomic E-state index is 12.9. The van der Waals surface area contributed by atoms with Crippen LogP contribution in [-0.4, -0.2) is 17.9 Å². The number of nitriles is 1. The lowest BCUT2D eigenvalue weighted by atomic mass is 9.68. The van der Waals surface area contributed by atoms with Crippen molar-refractivity contribution < 1.29 is 22.7 Å². The molecule has 0 radical (unpaired) electrons. The molecule has 1 atom stereocenters. The van der Waals surface area contributed by atoms with Crippen LogP contribution >= 0.6 is 0 Å². The second-order valence-corrected chi connectivity index (χ2v) is 6.08. The average molecular weight is 324 g/mol. The summed E-state index contributed by atoms with van der Waals surface area (Å²) in [4.78, 5) is 16.2. The van der Waals surface area contributed by atoms with Crippen LogP contribution < -0.4 is 0 Å². The predicted molar refractivity (Wildman–Crippen MR) is 75.0 cm³/mol. The first-order valence-electron chi connectivity index (χ1n) is 6.82. The Balaban J connectivity index is 2.65. The van der Waals surface area contributed by atoms with E-state index in [1.54, 1.807) is 19.9 Å². The molecule has 2 rings (SSSR count). The van der Waals surface area contributed by atoms with E-state index >= 15 is 0 Å². The van der Waals surface area contributed by atoms with Gasteiger partial charge in [0.05, 0.1) is 16.8 Å². The number of hydrogen-bond acceptors (Lipinski definition) is 4. The Morgan fingerprint density at radius 3 is 2.57 bits per heavy atom. The van der Waals surface area contributed by atoms with Gasteiger partial charge in [0, 0.05) is 18.7 Å². The number of pyridine rings is 1. The Labute approximate surface area is 131 Å². The van der Waals surface area contributed by atoms with Gasteiger partial charge in [-0.1, -0.05) is 13.8 Å². The number of carbonyl (C=O) groups excluding carboxylic acids is 1. The Morgan fingerprint density at radius 1 is 1.39 bits per heavy atom. The van der Waals surface area contributed by atoms with Crippen LogP contribution in [-0.2, 0) is 21.3 Å². The van der Waals surface area contributed by atoms with Gasteiger partial charge in [-0.3, -0.25) is 9.78 Å². The Hall–Kier alpha value is -2.20. The van der Waals surface area contributed by atoms with E-state index in [-0.39, 0.29) is 23.5 Å². The molecule has 0 fully saturated rings. The van der Waals surface area contributed by atoms with Gasteiger partial charge in [-0.25, -0.2) is 0 Å². The number of halogens is 3. The Kier molecular flexibility index (Phi) is 4.07. The highest BCUT2D eigenvalue weighted by molar-refractivity contribution is 6.03. The van der Waals surface area contributed by atoms with Gasteiger partial charge in [0.25, 0.3) is 0 Å². The van der Waals surface area contributed by atoms with E-state index in [9.17, 15) is 18.0 Å². The summed E-state index contributed by atoms with van der Waals surface area (Å²) in [7, 11) is 1.32. The van der Waals surface area contributed by atoms with Gasteiger partial charge >= 0.3 is 6.18 Å². The molecule has 1 unspecified atom stereocenters. The van der Waals surface area contributed by atoms with Gasteiger partial charge < -0.3 is 4.74 Å². The van der Waals surface area contributed by atoms with Crippen LogP contribution in [0.15, 0.2) is 30.0 Å². The fourth-order valence-corrected chi connectivity index (χ4v) is 2.77. The Morgan fingerprint density at radius 2 is 2.04 bits per heavy atom. The molecule has 7 heteroatoms. The van der Waals surface area contributed by atoms with E-state index in [0.29, 0.717) is 0 Å². The van der Waals surface area contributed by atoms with Gasteiger partial charge in [0.2, 0.25) is 0 Å². The van der Waals surface area contributed by atoms with Crippen LogP contribution in [0.25, 0.3) is 0 Å². The standard InChI is InChI=1S/C16H15F3N2O2/c1-14(2)9-15(23-3,7-10(8-20)13(14)22)12-6-11(4-5-21-12)16(17,18)19/h4-7H,9H2,1-3H3. The van der Waals surface area contributed by atoms with Crippen molar-refractivity contribution in [1.29, 1.82) is 5.26 Å². The molecule has 23 heavy (non-hydrogen) atoms. The van der Waals surface area contributed by atoms with E-state index in [1.165, 1.54) is 13.2 Å². The first kappa shape index (κ1) is 17.2. The first-order valence-corrected chi connectivity index (χ1v) is 6.82. The van der Waals surface area contributed by atoms with E-state index in [0.717, 1.165) is 18.3 Å². The minimum absolute atomic E-state index is 0.0168. The molecule has 0 spiro atoms. The Bertz CT molecular complexity index is 717. The second-order valence-electron chi connectivity index (χ2n) is 6.08. The van der Waals surface area contributed by atoms with Gasteiger partial charge in [0.15, 0.2) is 5.78 Å². The van der Waals surface area contributed by atoms with Crippen molar-refractivity contribution in [1.82, 2.24) is 4.98 Å². The predicted octanol–water partition coefficient (Wildman–Crippen LogP) is 3.39. The van der Waals surface area contributed by atoms with Gasteiger partial charge in [-0.2, -0.15) is 18.4 Å². The lowest BCUT2D eigenvalue weighted by molar-refractivity contribution is -0.138. The quantitative estimate of drug-likeness (QED) is 0.836. The third kappa shape index (κ3) is 2.99. The van der Waals surface area contributed by atoms with Crippen LogP contribution in [0, 0.1) is 16.7 Å². The molecule has 1 aromatic rings. The second kappa shape index (κ2) is 5.46. The number of aromatic nitrogens is 1.